The molecule has 0 unspecified atom stereocenters. The van der Waals surface area contributed by atoms with Crippen LogP contribution in [0.4, 0.5) is 0 Å². The molecule has 0 atom stereocenters. The Balaban J connectivity index is -0.0000000865. The molecule has 10 radical (unpaired) electrons. The maximum atomic E-state index is 5.13. The van der Waals surface area contributed by atoms with E-state index in [-0.39, 0.29) is 95.5 Å². The molecule has 0 rings (SSSR count). The van der Waals surface area contributed by atoms with Crippen LogP contribution in [0.1, 0.15) is 116 Å². The van der Waals surface area contributed by atoms with Crippen LogP contribution in [-0.4, -0.2) is 57.8 Å². The van der Waals surface area contributed by atoms with Gasteiger partial charge in [-0.25, -0.2) is 0 Å². The minimum Gasteiger partial charge on any atom is -0.106 e. The fourth-order valence-corrected chi connectivity index (χ4v) is 3.31. The number of rotatable bonds is 4. The van der Waals surface area contributed by atoms with Crippen molar-refractivity contribution in [3.05, 3.63) is 0 Å². The van der Waals surface area contributed by atoms with Gasteiger partial charge in [0.15, 0.2) is 0 Å². The lowest BCUT2D eigenvalue weighted by Crippen LogP contribution is -2.41. The van der Waals surface area contributed by atoms with Crippen molar-refractivity contribution in [3.63, 3.8) is 0 Å². The third kappa shape index (κ3) is 143. The number of terminal acetylenes is 4. The van der Waals surface area contributed by atoms with Crippen LogP contribution in [0.25, 0.3) is 0 Å². The van der Waals surface area contributed by atoms with E-state index in [2.05, 4.69) is 521 Å². The van der Waals surface area contributed by atoms with Crippen LogP contribution in [0.2, 0.25) is 0 Å². The number of hydrogen-bond acceptors (Lipinski definition) is 0. The fourth-order valence-electron chi connectivity index (χ4n) is 3.31. The summed E-state index contributed by atoms with van der Waals surface area (Å²) in [6.45, 7) is 5.08. The standard InChI is InChI=1S/C40H2.C33H8.C24H6.12CH4.B8/c1-3-5-7-9-11-13-15-17-19-21-23-25-27-29-31-33-35-37-39-40-38-36-34-32-30-28-26-24-22-20-18-16-14-12-10-8-6-4-2;1-3-5-7-9-11-13-15-17-19-21-23-25-27-29-31-33-32-30-28-26-24-22-20-18-16-14-12-10-8-6-4-2;1-4-7-10-13-16-19-22-24(21-18-15-12-9-6-3)23-20-17-14-11-8-5-2;;;;;;;;;;;;;1-4-7-8(5-2)6-3/h1-2H;23H2,1-2H3;1-2,24H,3H3;12*1H4;. The van der Waals surface area contributed by atoms with E-state index in [1.165, 1.54) is 21.2 Å². The molecule has 0 aromatic heterocycles. The Kier molecular flexibility index (Phi) is 162. The van der Waals surface area contributed by atoms with Gasteiger partial charge in [-0.05, 0) is 352 Å². The van der Waals surface area contributed by atoms with Crippen molar-refractivity contribution < 1.29 is 0 Å². The molecule has 0 saturated carbocycles. The lowest BCUT2D eigenvalue weighted by atomic mass is 8.78. The minimum atomic E-state index is -0.571. The van der Waals surface area contributed by atoms with Gasteiger partial charge >= 0.3 is 0 Å². The van der Waals surface area contributed by atoms with Gasteiger partial charge in [-0.2, -0.15) is 0 Å². The van der Waals surface area contributed by atoms with E-state index in [9.17, 15) is 0 Å². The lowest BCUT2D eigenvalue weighted by Gasteiger charge is -2.03. The van der Waals surface area contributed by atoms with Crippen LogP contribution in [0, 0.1) is 553 Å². The van der Waals surface area contributed by atoms with E-state index >= 15 is 0 Å². The molecular formula is C109H64B8. The molecule has 0 aromatic rings. The molecule has 0 N–H and O–H groups in total. The third-order valence-electron chi connectivity index (χ3n) is 6.82. The van der Waals surface area contributed by atoms with Crippen molar-refractivity contribution in [2.45, 2.75) is 116 Å². The highest BCUT2D eigenvalue weighted by molar-refractivity contribution is 7.79. The average Bonchev–Trinajstić information content (AvgIpc) is 0.993. The molecule has 0 saturated heterocycles. The summed E-state index contributed by atoms with van der Waals surface area (Å²) < 4.78 is 0. The summed E-state index contributed by atoms with van der Waals surface area (Å²) in [6, 6.07) is 0. The maximum absolute atomic E-state index is 5.13. The topological polar surface area (TPSA) is 0 Å². The Labute approximate surface area is 721 Å². The highest BCUT2D eigenvalue weighted by Crippen LogP contribution is 1.88. The Morgan fingerprint density at radius 1 is 0.197 bits per heavy atom. The summed E-state index contributed by atoms with van der Waals surface area (Å²) in [5.74, 6) is 220. The van der Waals surface area contributed by atoms with E-state index < -0.39 is 5.92 Å². The second-order valence-corrected chi connectivity index (χ2v) is 13.6. The molecule has 0 aliphatic carbocycles. The second kappa shape index (κ2) is 139. The van der Waals surface area contributed by atoms with E-state index in [1.807, 2.05) is 0 Å². The van der Waals surface area contributed by atoms with Gasteiger partial charge in [0.2, 0.25) is 0 Å². The lowest BCUT2D eigenvalue weighted by molar-refractivity contribution is 1.24. The van der Waals surface area contributed by atoms with Crippen LogP contribution in [0.5, 0.6) is 0 Å². The van der Waals surface area contributed by atoms with Crippen molar-refractivity contribution >= 4 is 57.8 Å². The summed E-state index contributed by atoms with van der Waals surface area (Å²) in [6.07, 6.45) is 20.1. The quantitative estimate of drug-likeness (QED) is 0.205. The molecule has 0 aromatic carbocycles. The predicted octanol–water partition coefficient (Wildman–Crippen LogP) is 7.29. The highest BCUT2D eigenvalue weighted by atomic mass is 13.9. The number of hydrogen-bond donors (Lipinski definition) is 0. The minimum absolute atomic E-state index is 0. The van der Waals surface area contributed by atoms with Gasteiger partial charge in [-0.3, -0.25) is 0 Å². The first kappa shape index (κ1) is 136. The van der Waals surface area contributed by atoms with Crippen molar-refractivity contribution in [3.8, 4) is 547 Å². The van der Waals surface area contributed by atoms with Crippen LogP contribution in [-0.2, 0) is 0 Å². The van der Waals surface area contributed by atoms with Crippen LogP contribution in [0.15, 0.2) is 0 Å². The fraction of sp³-hybridized carbons (Fsp3) is 0.156. The molecule has 0 amide bonds. The second-order valence-electron chi connectivity index (χ2n) is 13.6. The van der Waals surface area contributed by atoms with Crippen molar-refractivity contribution in [1.29, 1.82) is 0 Å². The van der Waals surface area contributed by atoms with Crippen LogP contribution < -0.4 is 0 Å². The Hall–Kier alpha value is -19.7. The molecule has 0 fully saturated rings. The third-order valence-corrected chi connectivity index (χ3v) is 6.82. The average molecular weight is 1460 g/mol. The van der Waals surface area contributed by atoms with Crippen LogP contribution in [0.3, 0.4) is 0 Å². The largest absolute Gasteiger partial charge is 0.144 e. The molecule has 0 aliphatic rings. The van der Waals surface area contributed by atoms with E-state index in [0.717, 1.165) is 0 Å². The van der Waals surface area contributed by atoms with Crippen molar-refractivity contribution in [1.82, 2.24) is 0 Å². The summed E-state index contributed by atoms with van der Waals surface area (Å²) in [5, 5.41) is 0. The predicted molar refractivity (Wildman–Crippen MR) is 514 cm³/mol. The van der Waals surface area contributed by atoms with E-state index in [0.29, 0.717) is 6.42 Å². The van der Waals surface area contributed by atoms with E-state index in [1.54, 1.807) is 27.8 Å². The zero-order chi connectivity index (χ0) is 76.9. The zero-order valence-corrected chi connectivity index (χ0v) is 55.2. The highest BCUT2D eigenvalue weighted by Gasteiger charge is 2.03. The van der Waals surface area contributed by atoms with Gasteiger partial charge in [-0.1, -0.05) is 136 Å². The molecule has 524 valence electrons. The van der Waals surface area contributed by atoms with E-state index in [4.69, 9.17) is 48.9 Å². The normalized spacial score (nSPS) is 3.93. The molecule has 0 heterocycles. The SMILES string of the molecule is C.C.C.C.C.C.C.C.C.C.C.C.C#CC#CC#CC#CC#CC#CC#CC#CC#CC#CC#CC#CC#CC#CC#CC#CC#CC#CC#CC#C.C#CC#CC#CC#CC(C#CC#CC#CC)C#CC#CC#CC#C.CC#CC#CC#CC#CC#CC#CC#CC#CC#CC#CCC#CC#CC#CC#CC#CC.[B][B][B]B([B][B])[B][B]. The van der Waals surface area contributed by atoms with Gasteiger partial charge in [0.05, 0.1) is 6.42 Å². The van der Waals surface area contributed by atoms with Crippen LogP contribution >= 0.6 is 0 Å². The molecule has 0 spiro atoms. The monoisotopic (exact) mass is 1460 g/mol. The van der Waals surface area contributed by atoms with Gasteiger partial charge in [0, 0.05) is 200 Å². The Morgan fingerprint density at radius 2 is 0.325 bits per heavy atom. The molecule has 117 heavy (non-hydrogen) atoms. The van der Waals surface area contributed by atoms with Gasteiger partial charge in [0.1, 0.15) is 5.92 Å². The van der Waals surface area contributed by atoms with Crippen molar-refractivity contribution in [2.24, 2.45) is 5.92 Å². The Morgan fingerprint density at radius 3 is 0.444 bits per heavy atom. The van der Waals surface area contributed by atoms with Gasteiger partial charge in [-0.15, -0.1) is 25.7 Å². The Bertz CT molecular complexity index is 6340. The van der Waals surface area contributed by atoms with Gasteiger partial charge < -0.3 is 0 Å². The first-order valence-corrected chi connectivity index (χ1v) is 27.1. The first-order valence-electron chi connectivity index (χ1n) is 27.1. The molecular weight excluding hydrogens is 1400 g/mol. The molecule has 8 heteroatoms. The molecule has 0 bridgehead atoms. The smallest absolute Gasteiger partial charge is 0.106 e. The van der Waals surface area contributed by atoms with Gasteiger partial charge in [0.25, 0.3) is 0 Å². The molecule has 0 aliphatic heterocycles. The summed E-state index contributed by atoms with van der Waals surface area (Å²) in [4.78, 5) is 0. The molecule has 0 nitrogen and oxygen atoms in total. The summed E-state index contributed by atoms with van der Waals surface area (Å²) in [5.41, 5.74) is 0. The van der Waals surface area contributed by atoms with Crippen molar-refractivity contribution in [2.75, 3.05) is 0 Å². The maximum Gasteiger partial charge on any atom is 0.144 e. The summed E-state index contributed by atoms with van der Waals surface area (Å²) in [7, 11) is 21.3. The summed E-state index contributed by atoms with van der Waals surface area (Å²) >= 11 is 0. The zero-order valence-electron chi connectivity index (χ0n) is 55.2. The first-order chi connectivity index (χ1) is 52.0.